The average molecular weight is 390 g/mol. The van der Waals surface area contributed by atoms with E-state index in [0.717, 1.165) is 11.1 Å². The number of benzene rings is 3. The van der Waals surface area contributed by atoms with Crippen molar-refractivity contribution in [3.05, 3.63) is 102 Å². The van der Waals surface area contributed by atoms with E-state index in [9.17, 15) is 9.90 Å². The Morgan fingerprint density at radius 1 is 0.862 bits per heavy atom. The molecule has 0 atom stereocenters. The third-order valence-corrected chi connectivity index (χ3v) is 4.24. The number of ether oxygens (including phenoxy) is 3. The quantitative estimate of drug-likeness (QED) is 0.415. The summed E-state index contributed by atoms with van der Waals surface area (Å²) in [6, 6.07) is 24.3. The van der Waals surface area contributed by atoms with E-state index in [0.29, 0.717) is 23.7 Å². The van der Waals surface area contributed by atoms with Crippen LogP contribution in [-0.4, -0.2) is 18.2 Å². The Balaban J connectivity index is 1.74. The molecule has 3 aromatic carbocycles. The minimum Gasteiger partial charge on any atom is -0.496 e. The number of aliphatic carboxylic acids is 1. The van der Waals surface area contributed by atoms with Gasteiger partial charge in [0, 0.05) is 0 Å². The van der Waals surface area contributed by atoms with E-state index in [1.807, 2.05) is 60.7 Å². The van der Waals surface area contributed by atoms with E-state index < -0.39 is 5.97 Å². The van der Waals surface area contributed by atoms with Gasteiger partial charge in [-0.25, -0.2) is 4.79 Å². The second-order valence-corrected chi connectivity index (χ2v) is 6.27. The Hall–Kier alpha value is -3.73. The van der Waals surface area contributed by atoms with Gasteiger partial charge in [-0.05, 0) is 28.8 Å². The molecule has 0 saturated carbocycles. The van der Waals surface area contributed by atoms with Crippen molar-refractivity contribution < 1.29 is 24.1 Å². The highest BCUT2D eigenvalue weighted by atomic mass is 16.5. The molecule has 5 heteroatoms. The molecule has 0 aromatic heterocycles. The van der Waals surface area contributed by atoms with Crippen molar-refractivity contribution in [1.29, 1.82) is 0 Å². The van der Waals surface area contributed by atoms with Crippen LogP contribution in [0.2, 0.25) is 0 Å². The van der Waals surface area contributed by atoms with Gasteiger partial charge in [-0.3, -0.25) is 0 Å². The van der Waals surface area contributed by atoms with Crippen LogP contribution in [0.1, 0.15) is 16.7 Å². The first-order chi connectivity index (χ1) is 14.2. The maximum absolute atomic E-state index is 11.7. The molecule has 0 aliphatic rings. The number of carboxylic acid groups (broad SMARTS) is 1. The summed E-state index contributed by atoms with van der Waals surface area (Å²) in [5.74, 6) is -0.0956. The second kappa shape index (κ2) is 9.99. The van der Waals surface area contributed by atoms with E-state index >= 15 is 0 Å². The lowest BCUT2D eigenvalue weighted by atomic mass is 10.1. The molecule has 0 amide bonds. The fraction of sp³-hybridized carbons (Fsp3) is 0.125. The standard InChI is InChI=1S/C24H22O5/c1-27-23-14-20(12-13-22(23)29-16-19-10-6-3-7-11-19)21(24(25)26)17-28-15-18-8-4-2-5-9-18/h2-14,17H,15-16H2,1H3,(H,25,26)/b21-17+. The first-order valence-electron chi connectivity index (χ1n) is 9.11. The number of carboxylic acids is 1. The van der Waals surface area contributed by atoms with E-state index in [1.165, 1.54) is 13.4 Å². The van der Waals surface area contributed by atoms with E-state index in [2.05, 4.69) is 0 Å². The molecule has 3 aromatic rings. The number of carbonyl (C=O) groups is 1. The third-order valence-electron chi connectivity index (χ3n) is 4.24. The normalized spacial score (nSPS) is 11.0. The molecule has 0 spiro atoms. The molecule has 0 aliphatic heterocycles. The Bertz CT molecular complexity index is 965. The fourth-order valence-corrected chi connectivity index (χ4v) is 2.73. The number of methoxy groups -OCH3 is 1. The molecule has 148 valence electrons. The minimum atomic E-state index is -1.09. The predicted molar refractivity (Wildman–Crippen MR) is 111 cm³/mol. The van der Waals surface area contributed by atoms with Crippen LogP contribution < -0.4 is 9.47 Å². The van der Waals surface area contributed by atoms with Crippen molar-refractivity contribution in [3.8, 4) is 11.5 Å². The van der Waals surface area contributed by atoms with Crippen LogP contribution in [-0.2, 0) is 22.7 Å². The van der Waals surface area contributed by atoms with Crippen molar-refractivity contribution in [3.63, 3.8) is 0 Å². The zero-order valence-electron chi connectivity index (χ0n) is 16.1. The van der Waals surface area contributed by atoms with E-state index in [1.54, 1.807) is 18.2 Å². The van der Waals surface area contributed by atoms with Gasteiger partial charge in [-0.1, -0.05) is 66.7 Å². The maximum atomic E-state index is 11.7. The molecule has 0 radical (unpaired) electrons. The van der Waals surface area contributed by atoms with Crippen molar-refractivity contribution >= 4 is 11.5 Å². The zero-order valence-corrected chi connectivity index (χ0v) is 16.1. The Kier molecular flexibility index (Phi) is 6.90. The van der Waals surface area contributed by atoms with Gasteiger partial charge in [-0.15, -0.1) is 0 Å². The summed E-state index contributed by atoms with van der Waals surface area (Å²) >= 11 is 0. The summed E-state index contributed by atoms with van der Waals surface area (Å²) in [4.78, 5) is 11.7. The fourth-order valence-electron chi connectivity index (χ4n) is 2.73. The Labute approximate surface area is 169 Å². The molecule has 29 heavy (non-hydrogen) atoms. The molecule has 5 nitrogen and oxygen atoms in total. The van der Waals surface area contributed by atoms with Crippen LogP contribution >= 0.6 is 0 Å². The first-order valence-corrected chi connectivity index (χ1v) is 9.11. The van der Waals surface area contributed by atoms with Crippen LogP contribution in [0.4, 0.5) is 0 Å². The van der Waals surface area contributed by atoms with Gasteiger partial charge in [0.25, 0.3) is 0 Å². The van der Waals surface area contributed by atoms with Crippen LogP contribution in [0.25, 0.3) is 5.57 Å². The van der Waals surface area contributed by atoms with Gasteiger partial charge in [0.1, 0.15) is 18.8 Å². The molecule has 0 saturated heterocycles. The zero-order chi connectivity index (χ0) is 20.5. The second-order valence-electron chi connectivity index (χ2n) is 6.27. The lowest BCUT2D eigenvalue weighted by molar-refractivity contribution is -0.130. The SMILES string of the molecule is COc1cc(/C(=C\OCc2ccccc2)C(=O)O)ccc1OCc1ccccc1. The highest BCUT2D eigenvalue weighted by Crippen LogP contribution is 2.31. The van der Waals surface area contributed by atoms with Gasteiger partial charge in [0.2, 0.25) is 0 Å². The molecular weight excluding hydrogens is 368 g/mol. The topological polar surface area (TPSA) is 65.0 Å². The van der Waals surface area contributed by atoms with Gasteiger partial charge < -0.3 is 19.3 Å². The molecule has 0 aliphatic carbocycles. The lowest BCUT2D eigenvalue weighted by Crippen LogP contribution is -2.03. The van der Waals surface area contributed by atoms with Crippen molar-refractivity contribution in [2.24, 2.45) is 0 Å². The number of hydrogen-bond donors (Lipinski definition) is 1. The summed E-state index contributed by atoms with van der Waals surface area (Å²) in [6.45, 7) is 0.672. The van der Waals surface area contributed by atoms with Crippen LogP contribution in [0.3, 0.4) is 0 Å². The molecule has 0 unspecified atom stereocenters. The lowest BCUT2D eigenvalue weighted by Gasteiger charge is -2.13. The van der Waals surface area contributed by atoms with Crippen molar-refractivity contribution in [2.75, 3.05) is 7.11 Å². The van der Waals surface area contributed by atoms with Crippen LogP contribution in [0.5, 0.6) is 11.5 Å². The highest BCUT2D eigenvalue weighted by molar-refractivity contribution is 6.15. The summed E-state index contributed by atoms with van der Waals surface area (Å²) in [5, 5.41) is 9.59. The number of rotatable bonds is 9. The summed E-state index contributed by atoms with van der Waals surface area (Å²) in [7, 11) is 1.52. The average Bonchev–Trinajstić information content (AvgIpc) is 2.76. The van der Waals surface area contributed by atoms with Gasteiger partial charge in [0.15, 0.2) is 11.5 Å². The smallest absolute Gasteiger partial charge is 0.339 e. The highest BCUT2D eigenvalue weighted by Gasteiger charge is 2.15. The van der Waals surface area contributed by atoms with E-state index in [4.69, 9.17) is 14.2 Å². The molecule has 3 rings (SSSR count). The van der Waals surface area contributed by atoms with Crippen molar-refractivity contribution in [2.45, 2.75) is 13.2 Å². The van der Waals surface area contributed by atoms with Crippen molar-refractivity contribution in [1.82, 2.24) is 0 Å². The van der Waals surface area contributed by atoms with Gasteiger partial charge >= 0.3 is 5.97 Å². The molecule has 1 N–H and O–H groups in total. The Morgan fingerprint density at radius 2 is 1.48 bits per heavy atom. The summed E-state index contributed by atoms with van der Waals surface area (Å²) < 4.78 is 16.7. The van der Waals surface area contributed by atoms with Gasteiger partial charge in [-0.2, -0.15) is 0 Å². The largest absolute Gasteiger partial charge is 0.496 e. The first kappa shape index (κ1) is 20.0. The van der Waals surface area contributed by atoms with E-state index in [-0.39, 0.29) is 12.2 Å². The molecule has 0 heterocycles. The maximum Gasteiger partial charge on any atom is 0.339 e. The summed E-state index contributed by atoms with van der Waals surface area (Å²) in [6.07, 6.45) is 1.26. The molecule has 0 bridgehead atoms. The monoisotopic (exact) mass is 390 g/mol. The van der Waals surface area contributed by atoms with Crippen LogP contribution in [0, 0.1) is 0 Å². The Morgan fingerprint density at radius 3 is 2.07 bits per heavy atom. The molecular formula is C24H22O5. The predicted octanol–water partition coefficient (Wildman–Crippen LogP) is 4.92. The molecule has 0 fully saturated rings. The van der Waals surface area contributed by atoms with Crippen LogP contribution in [0.15, 0.2) is 85.1 Å². The minimum absolute atomic E-state index is 0.0360. The summed E-state index contributed by atoms with van der Waals surface area (Å²) in [5.41, 5.74) is 2.48. The third kappa shape index (κ3) is 5.62. The van der Waals surface area contributed by atoms with Gasteiger partial charge in [0.05, 0.1) is 13.4 Å². The number of hydrogen-bond acceptors (Lipinski definition) is 4.